The zero-order chi connectivity index (χ0) is 36.7. The first-order chi connectivity index (χ1) is 23.5. The number of Topliss-reactive ketones (excluding diaryl/α,β-unsaturated/α-hetero) is 1. The van der Waals surface area contributed by atoms with Crippen molar-refractivity contribution in [1.82, 2.24) is 0 Å². The van der Waals surface area contributed by atoms with E-state index in [-0.39, 0.29) is 35.9 Å². The first-order valence-electron chi connectivity index (χ1n) is 17.3. The molecule has 14 nitrogen and oxygen atoms in total. The summed E-state index contributed by atoms with van der Waals surface area (Å²) >= 11 is 0. The van der Waals surface area contributed by atoms with Crippen LogP contribution in [-0.4, -0.2) is 91.9 Å². The molecular weight excluding hydrogens is 656 g/mol. The summed E-state index contributed by atoms with van der Waals surface area (Å²) in [7, 11) is 1.12. The summed E-state index contributed by atoms with van der Waals surface area (Å²) in [6.45, 7) is 8.49. The van der Waals surface area contributed by atoms with E-state index in [9.17, 15) is 33.6 Å². The van der Waals surface area contributed by atoms with Crippen LogP contribution in [0, 0.1) is 34.5 Å². The number of esters is 5. The number of carbonyl (C=O) groups is 7. The largest absolute Gasteiger partial charge is 0.467 e. The van der Waals surface area contributed by atoms with E-state index in [0.29, 0.717) is 32.1 Å². The van der Waals surface area contributed by atoms with Crippen molar-refractivity contribution in [2.75, 3.05) is 13.7 Å². The SMILES string of the molecule is COC(=O)C1OC(OC2CC3(C)C(C(=O)COC(C)=O)CCC3C3CCC4=CC(=O)CCC4(C)C23)C(OC(C)=O)C(OC(C)=O)C1OC(C)=O. The first-order valence-corrected chi connectivity index (χ1v) is 17.3. The Bertz CT molecular complexity index is 1450. The molecule has 12 unspecified atom stereocenters. The van der Waals surface area contributed by atoms with Crippen LogP contribution in [0.25, 0.3) is 0 Å². The zero-order valence-corrected chi connectivity index (χ0v) is 29.7. The Kier molecular flexibility index (Phi) is 10.9. The van der Waals surface area contributed by atoms with Gasteiger partial charge >= 0.3 is 29.8 Å². The van der Waals surface area contributed by atoms with E-state index >= 15 is 0 Å². The molecule has 12 atom stereocenters. The number of hydrogen-bond donors (Lipinski definition) is 0. The molecule has 0 spiro atoms. The molecule has 5 rings (SSSR count). The molecule has 1 heterocycles. The van der Waals surface area contributed by atoms with Gasteiger partial charge < -0.3 is 33.2 Å². The van der Waals surface area contributed by atoms with Crippen molar-refractivity contribution in [1.29, 1.82) is 0 Å². The third kappa shape index (κ3) is 7.10. The Hall–Kier alpha value is -3.65. The lowest BCUT2D eigenvalue weighted by molar-refractivity contribution is -0.324. The minimum Gasteiger partial charge on any atom is -0.467 e. The molecule has 0 aromatic heterocycles. The van der Waals surface area contributed by atoms with E-state index in [1.807, 2.05) is 0 Å². The molecule has 14 heteroatoms. The number of carbonyl (C=O) groups excluding carboxylic acids is 7. The Morgan fingerprint density at radius 3 is 2.10 bits per heavy atom. The molecule has 4 aliphatic carbocycles. The number of allylic oxidation sites excluding steroid dienone is 1. The maximum absolute atomic E-state index is 13.6. The average Bonchev–Trinajstić information content (AvgIpc) is 3.38. The Labute approximate surface area is 291 Å². The van der Waals surface area contributed by atoms with E-state index in [2.05, 4.69) is 13.8 Å². The highest BCUT2D eigenvalue weighted by Crippen LogP contribution is 2.67. The summed E-state index contributed by atoms with van der Waals surface area (Å²) in [4.78, 5) is 88.0. The van der Waals surface area contributed by atoms with Crippen molar-refractivity contribution in [2.45, 2.75) is 123 Å². The van der Waals surface area contributed by atoms with Gasteiger partial charge in [-0.2, -0.15) is 0 Å². The summed E-state index contributed by atoms with van der Waals surface area (Å²) in [5, 5.41) is 0. The fourth-order valence-corrected chi connectivity index (χ4v) is 9.94. The fraction of sp³-hybridized carbons (Fsp3) is 0.750. The second kappa shape index (κ2) is 14.5. The molecule has 3 saturated carbocycles. The quantitative estimate of drug-likeness (QED) is 0.252. The molecule has 4 fully saturated rings. The van der Waals surface area contributed by atoms with Crippen LogP contribution in [0.4, 0.5) is 0 Å². The molecule has 0 aromatic rings. The normalized spacial score (nSPS) is 39.0. The van der Waals surface area contributed by atoms with Crippen molar-refractivity contribution in [3.05, 3.63) is 11.6 Å². The Balaban J connectivity index is 1.59. The van der Waals surface area contributed by atoms with Crippen LogP contribution < -0.4 is 0 Å². The van der Waals surface area contributed by atoms with Gasteiger partial charge in [-0.25, -0.2) is 4.79 Å². The summed E-state index contributed by atoms with van der Waals surface area (Å²) in [6, 6.07) is 0. The van der Waals surface area contributed by atoms with Crippen molar-refractivity contribution in [3.8, 4) is 0 Å². The molecule has 5 aliphatic rings. The number of rotatable bonds is 9. The van der Waals surface area contributed by atoms with Gasteiger partial charge in [-0.1, -0.05) is 19.4 Å². The van der Waals surface area contributed by atoms with Gasteiger partial charge in [0.1, 0.15) is 6.61 Å². The third-order valence-corrected chi connectivity index (χ3v) is 11.8. The summed E-state index contributed by atoms with van der Waals surface area (Å²) < 4.78 is 39.9. The Morgan fingerprint density at radius 1 is 0.840 bits per heavy atom. The highest BCUT2D eigenvalue weighted by atomic mass is 16.7. The van der Waals surface area contributed by atoms with Crippen LogP contribution in [0.2, 0.25) is 0 Å². The van der Waals surface area contributed by atoms with Gasteiger partial charge in [0, 0.05) is 40.0 Å². The van der Waals surface area contributed by atoms with Gasteiger partial charge in [0.25, 0.3) is 0 Å². The molecule has 50 heavy (non-hydrogen) atoms. The second-order valence-electron chi connectivity index (χ2n) is 14.8. The van der Waals surface area contributed by atoms with E-state index in [1.54, 1.807) is 6.08 Å². The van der Waals surface area contributed by atoms with Gasteiger partial charge in [0.05, 0.1) is 13.2 Å². The maximum Gasteiger partial charge on any atom is 0.339 e. The summed E-state index contributed by atoms with van der Waals surface area (Å²) in [6.07, 6.45) is -2.43. The zero-order valence-electron chi connectivity index (χ0n) is 29.7. The highest BCUT2D eigenvalue weighted by molar-refractivity contribution is 5.91. The van der Waals surface area contributed by atoms with Gasteiger partial charge in [0.2, 0.25) is 0 Å². The van der Waals surface area contributed by atoms with Crippen molar-refractivity contribution in [2.24, 2.45) is 34.5 Å². The van der Waals surface area contributed by atoms with E-state index in [0.717, 1.165) is 46.3 Å². The van der Waals surface area contributed by atoms with Crippen LogP contribution in [0.1, 0.15) is 86.5 Å². The van der Waals surface area contributed by atoms with Crippen molar-refractivity contribution < 1.29 is 66.7 Å². The molecule has 0 amide bonds. The third-order valence-electron chi connectivity index (χ3n) is 11.8. The number of ether oxygens (including phenoxy) is 7. The first kappa shape index (κ1) is 37.6. The molecule has 0 N–H and O–H groups in total. The minimum atomic E-state index is -1.62. The number of ketones is 2. The van der Waals surface area contributed by atoms with E-state index in [1.165, 1.54) is 6.92 Å². The van der Waals surface area contributed by atoms with Gasteiger partial charge in [0.15, 0.2) is 42.3 Å². The molecule has 276 valence electrons. The van der Waals surface area contributed by atoms with Crippen LogP contribution in [0.5, 0.6) is 0 Å². The second-order valence-corrected chi connectivity index (χ2v) is 14.8. The number of fused-ring (bicyclic) bond motifs is 5. The minimum absolute atomic E-state index is 0.0610. The van der Waals surface area contributed by atoms with Gasteiger partial charge in [-0.05, 0) is 73.2 Å². The lowest BCUT2D eigenvalue weighted by Gasteiger charge is -2.61. The predicted octanol–water partition coefficient (Wildman–Crippen LogP) is 2.95. The maximum atomic E-state index is 13.6. The van der Waals surface area contributed by atoms with Crippen molar-refractivity contribution in [3.63, 3.8) is 0 Å². The monoisotopic (exact) mass is 704 g/mol. The summed E-state index contributed by atoms with van der Waals surface area (Å²) in [5.41, 5.74) is -0.00601. The standard InChI is InChI=1S/C36H48O14/c1-17(37)45-16-26(42)25-11-10-24-23-9-8-21-14-22(41)12-13-35(21,5)28(23)27(15-36(24,25)6)49-34-32(48-20(4)40)30(47-19(3)39)29(46-18(2)38)31(50-34)33(43)44-7/h14,23-25,27-32,34H,8-13,15-16H2,1-7H3. The lowest BCUT2D eigenvalue weighted by Crippen LogP contribution is -2.65. The Morgan fingerprint density at radius 2 is 1.48 bits per heavy atom. The average molecular weight is 705 g/mol. The van der Waals surface area contributed by atoms with Gasteiger partial charge in [-0.15, -0.1) is 0 Å². The molecule has 1 saturated heterocycles. The predicted molar refractivity (Wildman–Crippen MR) is 169 cm³/mol. The molecule has 0 aromatic carbocycles. The van der Waals surface area contributed by atoms with E-state index < -0.39 is 83.4 Å². The lowest BCUT2D eigenvalue weighted by atomic mass is 9.45. The molecule has 0 radical (unpaired) electrons. The van der Waals surface area contributed by atoms with E-state index in [4.69, 9.17) is 33.2 Å². The van der Waals surface area contributed by atoms with Crippen molar-refractivity contribution >= 4 is 41.4 Å². The summed E-state index contributed by atoms with van der Waals surface area (Å²) in [5.74, 6) is -4.41. The molecule has 0 bridgehead atoms. The number of methoxy groups -OCH3 is 1. The van der Waals surface area contributed by atoms with Gasteiger partial charge in [-0.3, -0.25) is 28.8 Å². The molecular formula is C36H48O14. The van der Waals surface area contributed by atoms with Crippen LogP contribution in [0.3, 0.4) is 0 Å². The highest BCUT2D eigenvalue weighted by Gasteiger charge is 2.65. The molecule has 1 aliphatic heterocycles. The van der Waals surface area contributed by atoms with Crippen LogP contribution in [0.15, 0.2) is 11.6 Å². The topological polar surface area (TPSA) is 184 Å². The van der Waals surface area contributed by atoms with Crippen LogP contribution >= 0.6 is 0 Å². The number of hydrogen-bond acceptors (Lipinski definition) is 14. The smallest absolute Gasteiger partial charge is 0.339 e. The fourth-order valence-electron chi connectivity index (χ4n) is 9.94. The van der Waals surface area contributed by atoms with Crippen LogP contribution in [-0.2, 0) is 66.7 Å².